The molecular formula is C18H23N3O3. The first kappa shape index (κ1) is 16.5. The summed E-state index contributed by atoms with van der Waals surface area (Å²) in [6, 6.07) is 7.90. The van der Waals surface area contributed by atoms with Crippen LogP contribution in [0.3, 0.4) is 0 Å². The SMILES string of the molecule is Cc1[nH]c2ccccc2c1CC(=O)N1CCCC(O)(CC(N)=O)C1. The van der Waals surface area contributed by atoms with Gasteiger partial charge >= 0.3 is 0 Å². The van der Waals surface area contributed by atoms with E-state index >= 15 is 0 Å². The van der Waals surface area contributed by atoms with Crippen LogP contribution in [0.5, 0.6) is 0 Å². The number of aryl methyl sites for hydroxylation is 1. The lowest BCUT2D eigenvalue weighted by Gasteiger charge is -2.38. The summed E-state index contributed by atoms with van der Waals surface area (Å²) >= 11 is 0. The van der Waals surface area contributed by atoms with Crippen molar-refractivity contribution in [1.29, 1.82) is 0 Å². The van der Waals surface area contributed by atoms with Crippen molar-refractivity contribution >= 4 is 22.7 Å². The molecule has 1 unspecified atom stereocenters. The minimum atomic E-state index is -1.20. The number of hydrogen-bond donors (Lipinski definition) is 3. The number of nitrogens with one attached hydrogen (secondary N) is 1. The summed E-state index contributed by atoms with van der Waals surface area (Å²) in [5, 5.41) is 11.6. The number of likely N-dealkylation sites (tertiary alicyclic amines) is 1. The van der Waals surface area contributed by atoms with Crippen molar-refractivity contribution in [2.24, 2.45) is 5.73 Å². The number of hydrogen-bond acceptors (Lipinski definition) is 3. The summed E-state index contributed by atoms with van der Waals surface area (Å²) in [5.74, 6) is -0.579. The van der Waals surface area contributed by atoms with Crippen LogP contribution in [0.4, 0.5) is 0 Å². The first-order valence-corrected chi connectivity index (χ1v) is 8.23. The molecule has 2 amide bonds. The molecule has 1 aliphatic rings. The summed E-state index contributed by atoms with van der Waals surface area (Å²) in [5.41, 5.74) is 7.00. The lowest BCUT2D eigenvalue weighted by Crippen LogP contribution is -2.52. The molecule has 1 saturated heterocycles. The minimum Gasteiger partial charge on any atom is -0.388 e. The number of benzene rings is 1. The molecular weight excluding hydrogens is 306 g/mol. The van der Waals surface area contributed by atoms with Crippen molar-refractivity contribution in [3.8, 4) is 0 Å². The van der Waals surface area contributed by atoms with Crippen LogP contribution in [0.2, 0.25) is 0 Å². The second-order valence-corrected chi connectivity index (χ2v) is 6.74. The second-order valence-electron chi connectivity index (χ2n) is 6.74. The predicted octanol–water partition coefficient (Wildman–Crippen LogP) is 1.25. The molecule has 1 atom stereocenters. The van der Waals surface area contributed by atoms with E-state index in [1.54, 1.807) is 4.90 Å². The molecule has 1 aliphatic heterocycles. The van der Waals surface area contributed by atoms with E-state index in [4.69, 9.17) is 5.73 Å². The fourth-order valence-electron chi connectivity index (χ4n) is 3.62. The highest BCUT2D eigenvalue weighted by molar-refractivity contribution is 5.90. The van der Waals surface area contributed by atoms with Gasteiger partial charge in [-0.25, -0.2) is 0 Å². The lowest BCUT2D eigenvalue weighted by atomic mass is 9.89. The Labute approximate surface area is 140 Å². The van der Waals surface area contributed by atoms with Crippen LogP contribution >= 0.6 is 0 Å². The van der Waals surface area contributed by atoms with Crippen molar-refractivity contribution in [2.45, 2.75) is 38.2 Å². The molecule has 2 aromatic rings. The zero-order valence-corrected chi connectivity index (χ0v) is 13.8. The number of aromatic nitrogens is 1. The van der Waals surface area contributed by atoms with E-state index in [0.717, 1.165) is 22.2 Å². The normalized spacial score (nSPS) is 21.2. The largest absolute Gasteiger partial charge is 0.388 e. The Balaban J connectivity index is 1.77. The third-order valence-electron chi connectivity index (χ3n) is 4.77. The fourth-order valence-corrected chi connectivity index (χ4v) is 3.62. The van der Waals surface area contributed by atoms with E-state index < -0.39 is 11.5 Å². The number of rotatable bonds is 4. The number of nitrogens with zero attached hydrogens (tertiary/aromatic N) is 1. The maximum atomic E-state index is 12.7. The Morgan fingerprint density at radius 2 is 2.12 bits per heavy atom. The number of fused-ring (bicyclic) bond motifs is 1. The fraction of sp³-hybridized carbons (Fsp3) is 0.444. The van der Waals surface area contributed by atoms with E-state index in [1.165, 1.54) is 0 Å². The molecule has 0 bridgehead atoms. The first-order valence-electron chi connectivity index (χ1n) is 8.23. The zero-order valence-electron chi connectivity index (χ0n) is 13.8. The maximum Gasteiger partial charge on any atom is 0.227 e. The molecule has 6 heteroatoms. The molecule has 2 heterocycles. The Morgan fingerprint density at radius 3 is 2.88 bits per heavy atom. The molecule has 4 N–H and O–H groups in total. The van der Waals surface area contributed by atoms with Crippen LogP contribution in [-0.2, 0) is 16.0 Å². The first-order chi connectivity index (χ1) is 11.4. The summed E-state index contributed by atoms with van der Waals surface area (Å²) in [4.78, 5) is 28.8. The van der Waals surface area contributed by atoms with Crippen LogP contribution in [-0.4, -0.2) is 45.5 Å². The monoisotopic (exact) mass is 329 g/mol. The molecule has 0 aliphatic carbocycles. The smallest absolute Gasteiger partial charge is 0.227 e. The van der Waals surface area contributed by atoms with Gasteiger partial charge in [0, 0.05) is 29.7 Å². The third-order valence-corrected chi connectivity index (χ3v) is 4.77. The number of carbonyl (C=O) groups is 2. The molecule has 128 valence electrons. The minimum absolute atomic E-state index is 0.0366. The Kier molecular flexibility index (Phi) is 4.32. The molecule has 0 saturated carbocycles. The number of primary amides is 1. The second kappa shape index (κ2) is 6.28. The van der Waals surface area contributed by atoms with Gasteiger partial charge in [-0.05, 0) is 31.4 Å². The number of piperidine rings is 1. The number of aromatic amines is 1. The van der Waals surface area contributed by atoms with Crippen molar-refractivity contribution < 1.29 is 14.7 Å². The van der Waals surface area contributed by atoms with Gasteiger partial charge < -0.3 is 20.7 Å². The van der Waals surface area contributed by atoms with Crippen LogP contribution in [0.1, 0.15) is 30.5 Å². The Morgan fingerprint density at radius 1 is 1.38 bits per heavy atom. The van der Waals surface area contributed by atoms with Crippen LogP contribution < -0.4 is 5.73 Å². The quantitative estimate of drug-likeness (QED) is 0.787. The van der Waals surface area contributed by atoms with Crippen LogP contribution in [0.25, 0.3) is 10.9 Å². The van der Waals surface area contributed by atoms with Crippen molar-refractivity contribution in [3.63, 3.8) is 0 Å². The number of aliphatic hydroxyl groups is 1. The highest BCUT2D eigenvalue weighted by Crippen LogP contribution is 2.27. The van der Waals surface area contributed by atoms with Gasteiger partial charge in [-0.2, -0.15) is 0 Å². The average molecular weight is 329 g/mol. The number of nitrogens with two attached hydrogens (primary N) is 1. The molecule has 1 aromatic carbocycles. The van der Waals surface area contributed by atoms with E-state index in [-0.39, 0.29) is 25.3 Å². The van der Waals surface area contributed by atoms with Gasteiger partial charge in [0.15, 0.2) is 0 Å². The third kappa shape index (κ3) is 3.28. The molecule has 0 radical (unpaired) electrons. The Bertz CT molecular complexity index is 783. The van der Waals surface area contributed by atoms with E-state index in [9.17, 15) is 14.7 Å². The standard InChI is InChI=1S/C18H23N3O3/c1-12-14(13-5-2-3-6-15(13)20-12)9-17(23)21-8-4-7-18(24,11-21)10-16(19)22/h2-3,5-6,20,24H,4,7-11H2,1H3,(H2,19,22). The van der Waals surface area contributed by atoms with Gasteiger partial charge in [0.25, 0.3) is 0 Å². The number of para-hydroxylation sites is 1. The zero-order chi connectivity index (χ0) is 17.3. The average Bonchev–Trinajstić information content (AvgIpc) is 2.82. The van der Waals surface area contributed by atoms with E-state index in [2.05, 4.69) is 4.98 Å². The van der Waals surface area contributed by atoms with Gasteiger partial charge in [-0.15, -0.1) is 0 Å². The predicted molar refractivity (Wildman–Crippen MR) is 91.3 cm³/mol. The molecule has 1 fully saturated rings. The molecule has 3 rings (SSSR count). The summed E-state index contributed by atoms with van der Waals surface area (Å²) < 4.78 is 0. The number of amides is 2. The number of H-pyrrole nitrogens is 1. The highest BCUT2D eigenvalue weighted by Gasteiger charge is 2.36. The lowest BCUT2D eigenvalue weighted by molar-refractivity contribution is -0.141. The van der Waals surface area contributed by atoms with Gasteiger partial charge in [0.05, 0.1) is 18.4 Å². The van der Waals surface area contributed by atoms with Crippen molar-refractivity contribution in [2.75, 3.05) is 13.1 Å². The molecule has 0 spiro atoms. The summed E-state index contributed by atoms with van der Waals surface area (Å²) in [6.07, 6.45) is 1.33. The molecule has 24 heavy (non-hydrogen) atoms. The number of β-amino-alcohol motifs (C(OH)–C–C–N with tert-alkyl or cyclic N) is 1. The molecule has 6 nitrogen and oxygen atoms in total. The molecule has 1 aromatic heterocycles. The van der Waals surface area contributed by atoms with Crippen LogP contribution in [0.15, 0.2) is 24.3 Å². The van der Waals surface area contributed by atoms with Crippen molar-refractivity contribution in [1.82, 2.24) is 9.88 Å². The van der Waals surface area contributed by atoms with E-state index in [0.29, 0.717) is 19.4 Å². The van der Waals surface area contributed by atoms with Gasteiger partial charge in [-0.3, -0.25) is 9.59 Å². The number of carbonyl (C=O) groups excluding carboxylic acids is 2. The van der Waals surface area contributed by atoms with Gasteiger partial charge in [0.2, 0.25) is 11.8 Å². The van der Waals surface area contributed by atoms with Crippen molar-refractivity contribution in [3.05, 3.63) is 35.5 Å². The van der Waals surface area contributed by atoms with Gasteiger partial charge in [-0.1, -0.05) is 18.2 Å². The van der Waals surface area contributed by atoms with Gasteiger partial charge in [0.1, 0.15) is 0 Å². The Hall–Kier alpha value is -2.34. The summed E-state index contributed by atoms with van der Waals surface area (Å²) in [7, 11) is 0. The van der Waals surface area contributed by atoms with E-state index in [1.807, 2.05) is 31.2 Å². The highest BCUT2D eigenvalue weighted by atomic mass is 16.3. The maximum absolute atomic E-state index is 12.7. The summed E-state index contributed by atoms with van der Waals surface area (Å²) in [6.45, 7) is 2.72. The topological polar surface area (TPSA) is 99.4 Å². The van der Waals surface area contributed by atoms with Crippen LogP contribution in [0, 0.1) is 6.92 Å².